The van der Waals surface area contributed by atoms with E-state index in [2.05, 4.69) is 0 Å². The maximum Gasteiger partial charge on any atom is 0.323 e. The number of fused-ring (bicyclic) bond motifs is 1. The Balaban J connectivity index is 2.32. The van der Waals surface area contributed by atoms with Crippen LogP contribution in [0.2, 0.25) is 0 Å². The van der Waals surface area contributed by atoms with Crippen LogP contribution in [0, 0.1) is 0 Å². The van der Waals surface area contributed by atoms with Crippen LogP contribution in [-0.2, 0) is 23.0 Å². The first kappa shape index (κ1) is 14.4. The van der Waals surface area contributed by atoms with Gasteiger partial charge in [-0.25, -0.2) is 0 Å². The quantitative estimate of drug-likeness (QED) is 0.843. The molecule has 1 aromatic carbocycles. The van der Waals surface area contributed by atoms with E-state index in [9.17, 15) is 4.79 Å². The smallest absolute Gasteiger partial charge is 0.323 e. The monoisotopic (exact) mass is 276 g/mol. The van der Waals surface area contributed by atoms with E-state index in [1.807, 2.05) is 36.0 Å². The summed E-state index contributed by atoms with van der Waals surface area (Å²) in [5.41, 5.74) is 7.99. The molecule has 2 aromatic rings. The molecule has 2 rings (SSSR count). The largest absolute Gasteiger partial charge is 0.497 e. The van der Waals surface area contributed by atoms with Gasteiger partial charge in [-0.05, 0) is 30.7 Å². The number of hydrogen-bond acceptors (Lipinski definition) is 4. The molecule has 1 aromatic heterocycles. The van der Waals surface area contributed by atoms with Crippen molar-refractivity contribution < 1.29 is 14.3 Å². The molecule has 0 unspecified atom stereocenters. The molecule has 0 saturated carbocycles. The number of hydrogen-bond donors (Lipinski definition) is 1. The number of nitrogens with zero attached hydrogens (tertiary/aromatic N) is 1. The number of aryl methyl sites for hydroxylation is 1. The molecule has 0 spiro atoms. The second-order valence-corrected chi connectivity index (χ2v) is 4.71. The predicted molar refractivity (Wildman–Crippen MR) is 77.8 cm³/mol. The molecule has 0 bridgehead atoms. The zero-order valence-electron chi connectivity index (χ0n) is 12.1. The predicted octanol–water partition coefficient (Wildman–Crippen LogP) is 1.62. The lowest BCUT2D eigenvalue weighted by atomic mass is 10.1. The van der Waals surface area contributed by atoms with Crippen molar-refractivity contribution >= 4 is 16.9 Å². The highest BCUT2D eigenvalue weighted by Crippen LogP contribution is 2.26. The summed E-state index contributed by atoms with van der Waals surface area (Å²) in [6.45, 7) is 2.11. The Labute approximate surface area is 118 Å². The van der Waals surface area contributed by atoms with Crippen molar-refractivity contribution in [3.63, 3.8) is 0 Å². The van der Waals surface area contributed by atoms with Crippen LogP contribution >= 0.6 is 0 Å². The van der Waals surface area contributed by atoms with Crippen molar-refractivity contribution in [1.82, 2.24) is 4.57 Å². The summed E-state index contributed by atoms with van der Waals surface area (Å²) in [7, 11) is 3.60. The van der Waals surface area contributed by atoms with Crippen molar-refractivity contribution in [2.75, 3.05) is 13.7 Å². The van der Waals surface area contributed by atoms with Gasteiger partial charge in [-0.3, -0.25) is 4.79 Å². The topological polar surface area (TPSA) is 66.5 Å². The number of methoxy groups -OCH3 is 1. The molecule has 5 nitrogen and oxygen atoms in total. The number of esters is 1. The fourth-order valence-electron chi connectivity index (χ4n) is 2.31. The Morgan fingerprint density at radius 3 is 2.85 bits per heavy atom. The molecule has 1 heterocycles. The van der Waals surface area contributed by atoms with Gasteiger partial charge in [0.15, 0.2) is 0 Å². The molecular formula is C15H20N2O3. The van der Waals surface area contributed by atoms with E-state index in [1.54, 1.807) is 14.0 Å². The first-order valence-corrected chi connectivity index (χ1v) is 6.61. The molecule has 20 heavy (non-hydrogen) atoms. The lowest BCUT2D eigenvalue weighted by Gasteiger charge is -2.09. The number of rotatable bonds is 5. The van der Waals surface area contributed by atoms with Crippen molar-refractivity contribution in [2.45, 2.75) is 19.4 Å². The zero-order chi connectivity index (χ0) is 14.7. The van der Waals surface area contributed by atoms with Crippen LogP contribution in [0.15, 0.2) is 24.4 Å². The number of nitrogens with two attached hydrogens (primary N) is 1. The summed E-state index contributed by atoms with van der Waals surface area (Å²) < 4.78 is 12.2. The Hall–Kier alpha value is -2.01. The molecule has 0 radical (unpaired) electrons. The van der Waals surface area contributed by atoms with Crippen molar-refractivity contribution in [2.24, 2.45) is 12.8 Å². The molecule has 0 fully saturated rings. The third-order valence-corrected chi connectivity index (χ3v) is 3.31. The highest BCUT2D eigenvalue weighted by molar-refractivity contribution is 5.86. The lowest BCUT2D eigenvalue weighted by molar-refractivity contribution is -0.144. The van der Waals surface area contributed by atoms with Crippen LogP contribution in [0.3, 0.4) is 0 Å². The normalized spacial score (nSPS) is 12.4. The Kier molecular flexibility index (Phi) is 4.29. The lowest BCUT2D eigenvalue weighted by Crippen LogP contribution is -2.34. The molecule has 0 amide bonds. The van der Waals surface area contributed by atoms with Gasteiger partial charge in [-0.15, -0.1) is 0 Å². The molecule has 0 aliphatic heterocycles. The highest BCUT2D eigenvalue weighted by atomic mass is 16.5. The zero-order valence-corrected chi connectivity index (χ0v) is 12.1. The van der Waals surface area contributed by atoms with Gasteiger partial charge in [-0.1, -0.05) is 0 Å². The summed E-state index contributed by atoms with van der Waals surface area (Å²) in [4.78, 5) is 11.6. The van der Waals surface area contributed by atoms with Gasteiger partial charge < -0.3 is 19.8 Å². The first-order valence-electron chi connectivity index (χ1n) is 6.61. The van der Waals surface area contributed by atoms with Gasteiger partial charge in [0, 0.05) is 30.6 Å². The second kappa shape index (κ2) is 5.96. The summed E-state index contributed by atoms with van der Waals surface area (Å²) in [5.74, 6) is 0.419. The van der Waals surface area contributed by atoms with Crippen molar-refractivity contribution in [3.8, 4) is 5.75 Å². The number of ether oxygens (including phenoxy) is 2. The summed E-state index contributed by atoms with van der Waals surface area (Å²) in [6.07, 6.45) is 2.44. The third kappa shape index (κ3) is 2.77. The number of aromatic nitrogens is 1. The maximum absolute atomic E-state index is 11.6. The van der Waals surface area contributed by atoms with Gasteiger partial charge in [0.05, 0.1) is 13.7 Å². The fourth-order valence-corrected chi connectivity index (χ4v) is 2.31. The second-order valence-electron chi connectivity index (χ2n) is 4.71. The SMILES string of the molecule is CCOC(=O)[C@H](N)Cc1cn(C)c2ccc(OC)cc12. The van der Waals surface area contributed by atoms with E-state index >= 15 is 0 Å². The van der Waals surface area contributed by atoms with E-state index in [0.29, 0.717) is 13.0 Å². The minimum absolute atomic E-state index is 0.343. The first-order chi connectivity index (χ1) is 9.56. The van der Waals surface area contributed by atoms with Gasteiger partial charge >= 0.3 is 5.97 Å². The highest BCUT2D eigenvalue weighted by Gasteiger charge is 2.18. The number of carbonyl (C=O) groups excluding carboxylic acids is 1. The van der Waals surface area contributed by atoms with Crippen LogP contribution in [0.25, 0.3) is 10.9 Å². The van der Waals surface area contributed by atoms with Crippen LogP contribution in [0.5, 0.6) is 5.75 Å². The Morgan fingerprint density at radius 1 is 1.45 bits per heavy atom. The Morgan fingerprint density at radius 2 is 2.20 bits per heavy atom. The van der Waals surface area contributed by atoms with E-state index in [4.69, 9.17) is 15.2 Å². The molecule has 2 N–H and O–H groups in total. The van der Waals surface area contributed by atoms with Crippen LogP contribution < -0.4 is 10.5 Å². The molecule has 0 aliphatic carbocycles. The Bertz CT molecular complexity index is 619. The molecular weight excluding hydrogens is 256 g/mol. The molecule has 1 atom stereocenters. The van der Waals surface area contributed by atoms with Crippen LogP contribution in [0.4, 0.5) is 0 Å². The standard InChI is InChI=1S/C15H20N2O3/c1-4-20-15(18)13(16)7-10-9-17(2)14-6-5-11(19-3)8-12(10)14/h5-6,8-9,13H,4,7,16H2,1-3H3/t13-/m1/s1. The number of carbonyl (C=O) groups is 1. The minimum atomic E-state index is -0.647. The summed E-state index contributed by atoms with van der Waals surface area (Å²) in [6, 6.07) is 5.22. The molecule has 5 heteroatoms. The van der Waals surface area contributed by atoms with E-state index in [1.165, 1.54) is 0 Å². The molecule has 108 valence electrons. The van der Waals surface area contributed by atoms with Gasteiger partial charge in [-0.2, -0.15) is 0 Å². The van der Waals surface area contributed by atoms with E-state index < -0.39 is 6.04 Å². The average Bonchev–Trinajstić information content (AvgIpc) is 2.75. The van der Waals surface area contributed by atoms with Crippen LogP contribution in [-0.4, -0.2) is 30.3 Å². The average molecular weight is 276 g/mol. The minimum Gasteiger partial charge on any atom is -0.497 e. The van der Waals surface area contributed by atoms with E-state index in [-0.39, 0.29) is 5.97 Å². The summed E-state index contributed by atoms with van der Waals surface area (Å²) in [5, 5.41) is 1.05. The molecule has 0 saturated heterocycles. The number of benzene rings is 1. The maximum atomic E-state index is 11.6. The van der Waals surface area contributed by atoms with Crippen LogP contribution in [0.1, 0.15) is 12.5 Å². The van der Waals surface area contributed by atoms with Gasteiger partial charge in [0.2, 0.25) is 0 Å². The van der Waals surface area contributed by atoms with Crippen molar-refractivity contribution in [3.05, 3.63) is 30.0 Å². The fraction of sp³-hybridized carbons (Fsp3) is 0.400. The third-order valence-electron chi connectivity index (χ3n) is 3.31. The summed E-state index contributed by atoms with van der Waals surface area (Å²) >= 11 is 0. The molecule has 0 aliphatic rings. The van der Waals surface area contributed by atoms with E-state index in [0.717, 1.165) is 22.2 Å². The van der Waals surface area contributed by atoms with Gasteiger partial charge in [0.1, 0.15) is 11.8 Å². The van der Waals surface area contributed by atoms with Gasteiger partial charge in [0.25, 0.3) is 0 Å². The van der Waals surface area contributed by atoms with Crippen molar-refractivity contribution in [1.29, 1.82) is 0 Å².